The van der Waals surface area contributed by atoms with E-state index in [9.17, 15) is 18.0 Å². The van der Waals surface area contributed by atoms with Crippen LogP contribution in [-0.4, -0.2) is 37.2 Å². The quantitative estimate of drug-likeness (QED) is 0.638. The minimum Gasteiger partial charge on any atom is -0.408 e. The van der Waals surface area contributed by atoms with Crippen molar-refractivity contribution in [2.45, 2.75) is 18.4 Å². The first kappa shape index (κ1) is 18.1. The Morgan fingerprint density at radius 3 is 2.38 bits per heavy atom. The van der Waals surface area contributed by atoms with Gasteiger partial charge in [-0.15, -0.1) is 0 Å². The predicted octanol–water partition coefficient (Wildman–Crippen LogP) is 2.04. The monoisotopic (exact) mass is 374 g/mol. The maximum Gasteiger partial charge on any atom is 0.420 e. The average molecular weight is 374 g/mol. The Bertz CT molecular complexity index is 1140. The number of aryl methyl sites for hydroxylation is 1. The third-order valence-electron chi connectivity index (χ3n) is 4.09. The fourth-order valence-electron chi connectivity index (χ4n) is 2.54. The predicted molar refractivity (Wildman–Crippen MR) is 96.9 cm³/mol. The molecule has 0 saturated carbocycles. The van der Waals surface area contributed by atoms with Crippen molar-refractivity contribution in [3.63, 3.8) is 0 Å². The molecule has 3 rings (SSSR count). The Hall–Kier alpha value is -2.71. The van der Waals surface area contributed by atoms with E-state index >= 15 is 0 Å². The van der Waals surface area contributed by atoms with Crippen LogP contribution in [0.2, 0.25) is 0 Å². The van der Waals surface area contributed by atoms with Crippen LogP contribution in [0.1, 0.15) is 15.9 Å². The van der Waals surface area contributed by atoms with Crippen LogP contribution in [0.4, 0.5) is 0 Å². The van der Waals surface area contributed by atoms with Crippen molar-refractivity contribution in [1.82, 2.24) is 8.87 Å². The molecule has 0 radical (unpaired) electrons. The third kappa shape index (κ3) is 3.21. The van der Waals surface area contributed by atoms with Crippen molar-refractivity contribution in [2.24, 2.45) is 0 Å². The van der Waals surface area contributed by atoms with Gasteiger partial charge in [-0.2, -0.15) is 0 Å². The highest BCUT2D eigenvalue weighted by Gasteiger charge is 2.20. The van der Waals surface area contributed by atoms with Crippen LogP contribution in [0.25, 0.3) is 11.1 Å². The highest BCUT2D eigenvalue weighted by molar-refractivity contribution is 7.89. The van der Waals surface area contributed by atoms with Crippen LogP contribution < -0.4 is 5.76 Å². The van der Waals surface area contributed by atoms with Gasteiger partial charge in [-0.1, -0.05) is 29.8 Å². The van der Waals surface area contributed by atoms with Gasteiger partial charge >= 0.3 is 5.76 Å². The van der Waals surface area contributed by atoms with Gasteiger partial charge in [0.1, 0.15) is 0 Å². The lowest BCUT2D eigenvalue weighted by atomic mass is 10.1. The van der Waals surface area contributed by atoms with Crippen LogP contribution in [-0.2, 0) is 16.6 Å². The molecule has 0 fully saturated rings. The van der Waals surface area contributed by atoms with Gasteiger partial charge in [-0.05, 0) is 19.1 Å². The number of oxazole rings is 1. The first-order chi connectivity index (χ1) is 12.2. The molecule has 0 N–H and O–H groups in total. The van der Waals surface area contributed by atoms with Crippen LogP contribution >= 0.6 is 0 Å². The molecule has 0 amide bonds. The molecule has 136 valence electrons. The normalized spacial score (nSPS) is 12.0. The summed E-state index contributed by atoms with van der Waals surface area (Å²) in [6.07, 6.45) is 0. The molecule has 2 aromatic carbocycles. The molecule has 0 unspecified atom stereocenters. The Morgan fingerprint density at radius 1 is 1.12 bits per heavy atom. The smallest absolute Gasteiger partial charge is 0.408 e. The van der Waals surface area contributed by atoms with E-state index in [1.54, 1.807) is 12.1 Å². The minimum atomic E-state index is -3.65. The van der Waals surface area contributed by atoms with Crippen molar-refractivity contribution in [3.05, 3.63) is 64.1 Å². The van der Waals surface area contributed by atoms with Crippen LogP contribution in [0.5, 0.6) is 0 Å². The van der Waals surface area contributed by atoms with Crippen molar-refractivity contribution in [2.75, 3.05) is 14.1 Å². The summed E-state index contributed by atoms with van der Waals surface area (Å²) >= 11 is 0. The summed E-state index contributed by atoms with van der Waals surface area (Å²) in [6.45, 7) is 1.73. The number of ketones is 1. The second kappa shape index (κ2) is 6.54. The maximum absolute atomic E-state index is 12.4. The van der Waals surface area contributed by atoms with Crippen LogP contribution in [0.3, 0.4) is 0 Å². The number of benzene rings is 2. The van der Waals surface area contributed by atoms with Gasteiger partial charge in [0.15, 0.2) is 11.4 Å². The molecule has 26 heavy (non-hydrogen) atoms. The maximum atomic E-state index is 12.4. The molecular formula is C18H18N2O5S. The summed E-state index contributed by atoms with van der Waals surface area (Å²) in [5, 5.41) is 0. The zero-order chi connectivity index (χ0) is 19.1. The van der Waals surface area contributed by atoms with E-state index < -0.39 is 15.8 Å². The molecule has 1 aromatic heterocycles. The summed E-state index contributed by atoms with van der Waals surface area (Å²) in [5.74, 6) is -0.945. The highest BCUT2D eigenvalue weighted by Crippen LogP contribution is 2.20. The summed E-state index contributed by atoms with van der Waals surface area (Å²) in [7, 11) is -0.811. The number of rotatable bonds is 5. The number of carbonyl (C=O) groups is 1. The number of hydrogen-bond acceptors (Lipinski definition) is 5. The number of hydrogen-bond donors (Lipinski definition) is 0. The number of sulfonamides is 1. The lowest BCUT2D eigenvalue weighted by Crippen LogP contribution is -2.22. The third-order valence-corrected chi connectivity index (χ3v) is 5.90. The number of fused-ring (bicyclic) bond motifs is 1. The summed E-state index contributed by atoms with van der Waals surface area (Å²) < 4.78 is 31.8. The number of carbonyl (C=O) groups excluding carboxylic acids is 1. The van der Waals surface area contributed by atoms with Gasteiger partial charge in [0.2, 0.25) is 10.0 Å². The average Bonchev–Trinajstić information content (AvgIpc) is 2.90. The molecular weight excluding hydrogens is 356 g/mol. The number of aromatic nitrogens is 1. The molecule has 0 spiro atoms. The Labute approximate surface area is 150 Å². The van der Waals surface area contributed by atoms with Gasteiger partial charge in [0.05, 0.1) is 17.0 Å². The second-order valence-electron chi connectivity index (χ2n) is 6.16. The summed E-state index contributed by atoms with van der Waals surface area (Å²) in [6, 6.07) is 11.2. The molecule has 8 heteroatoms. The Balaban J connectivity index is 2.00. The van der Waals surface area contributed by atoms with Crippen molar-refractivity contribution in [1.29, 1.82) is 0 Å². The van der Waals surface area contributed by atoms with Crippen LogP contribution in [0.15, 0.2) is 56.6 Å². The fourth-order valence-corrected chi connectivity index (χ4v) is 3.46. The van der Waals surface area contributed by atoms with E-state index in [-0.39, 0.29) is 22.8 Å². The van der Waals surface area contributed by atoms with Gasteiger partial charge in [0.25, 0.3) is 0 Å². The van der Waals surface area contributed by atoms with E-state index in [0.717, 1.165) is 9.87 Å². The topological polar surface area (TPSA) is 89.6 Å². The first-order valence-electron chi connectivity index (χ1n) is 7.86. The SMILES string of the molecule is Cc1ccc(C(=O)Cn2c(=O)oc3cc(S(=O)(=O)N(C)C)ccc32)cc1. The van der Waals surface area contributed by atoms with Gasteiger partial charge in [0, 0.05) is 25.7 Å². The molecule has 0 atom stereocenters. The highest BCUT2D eigenvalue weighted by atomic mass is 32.2. The number of nitrogens with zero attached hydrogens (tertiary/aromatic N) is 2. The van der Waals surface area contributed by atoms with E-state index in [4.69, 9.17) is 4.42 Å². The lowest BCUT2D eigenvalue weighted by Gasteiger charge is -2.10. The van der Waals surface area contributed by atoms with E-state index in [1.165, 1.54) is 36.9 Å². The standard InChI is InChI=1S/C18H18N2O5S/c1-12-4-6-13(7-5-12)16(21)11-20-15-9-8-14(26(23,24)19(2)3)10-17(15)25-18(20)22/h4-10H,11H2,1-3H3. The Morgan fingerprint density at radius 2 is 1.77 bits per heavy atom. The fraction of sp³-hybridized carbons (Fsp3) is 0.222. The molecule has 0 aliphatic carbocycles. The van der Waals surface area contributed by atoms with E-state index in [0.29, 0.717) is 11.1 Å². The summed E-state index contributed by atoms with van der Waals surface area (Å²) in [5.41, 5.74) is 2.01. The van der Waals surface area contributed by atoms with Gasteiger partial charge in [-0.3, -0.25) is 9.36 Å². The van der Waals surface area contributed by atoms with Crippen molar-refractivity contribution < 1.29 is 17.6 Å². The molecule has 0 saturated heterocycles. The van der Waals surface area contributed by atoms with E-state index in [1.807, 2.05) is 19.1 Å². The Kier molecular flexibility index (Phi) is 4.55. The largest absolute Gasteiger partial charge is 0.420 e. The molecule has 0 bridgehead atoms. The van der Waals surface area contributed by atoms with Gasteiger partial charge < -0.3 is 4.42 Å². The molecule has 7 nitrogen and oxygen atoms in total. The molecule has 1 heterocycles. The minimum absolute atomic E-state index is 0.0146. The molecule has 0 aliphatic heterocycles. The summed E-state index contributed by atoms with van der Waals surface area (Å²) in [4.78, 5) is 24.6. The van der Waals surface area contributed by atoms with Gasteiger partial charge in [-0.25, -0.2) is 17.5 Å². The lowest BCUT2D eigenvalue weighted by molar-refractivity contribution is 0.0970. The second-order valence-corrected chi connectivity index (χ2v) is 8.31. The zero-order valence-electron chi connectivity index (χ0n) is 14.6. The molecule has 3 aromatic rings. The van der Waals surface area contributed by atoms with Crippen molar-refractivity contribution >= 4 is 26.9 Å². The first-order valence-corrected chi connectivity index (χ1v) is 9.30. The molecule has 0 aliphatic rings. The number of Topliss-reactive ketones (excluding diaryl/α,β-unsaturated/α-hetero) is 1. The zero-order valence-corrected chi connectivity index (χ0v) is 15.4. The van der Waals surface area contributed by atoms with Crippen molar-refractivity contribution in [3.8, 4) is 0 Å². The van der Waals surface area contributed by atoms with E-state index in [2.05, 4.69) is 0 Å². The van der Waals surface area contributed by atoms with Crippen LogP contribution in [0, 0.1) is 6.92 Å².